The lowest BCUT2D eigenvalue weighted by Gasteiger charge is -2.50. The molecule has 0 aliphatic heterocycles. The van der Waals surface area contributed by atoms with Crippen LogP contribution in [0.3, 0.4) is 0 Å². The zero-order valence-corrected chi connectivity index (χ0v) is 14.7. The van der Waals surface area contributed by atoms with Gasteiger partial charge in [-0.1, -0.05) is 19.1 Å². The molecule has 2 bridgehead atoms. The average molecular weight is 344 g/mol. The quantitative estimate of drug-likeness (QED) is 0.646. The molecule has 3 fully saturated rings. The number of Topliss-reactive ketones (excluding diaryl/α,β-unsaturated/α-hetero) is 1. The number of hydrogen-bond donors (Lipinski definition) is 2. The predicted molar refractivity (Wildman–Crippen MR) is 91.7 cm³/mol. The zero-order chi connectivity index (χ0) is 18.1. The lowest BCUT2D eigenvalue weighted by Crippen LogP contribution is -2.61. The number of hydrogen-bond acceptors (Lipinski definition) is 4. The molecule has 0 unspecified atom stereocenters. The van der Waals surface area contributed by atoms with Crippen molar-refractivity contribution in [3.8, 4) is 0 Å². The lowest BCUT2D eigenvalue weighted by molar-refractivity contribution is -0.167. The summed E-state index contributed by atoms with van der Waals surface area (Å²) in [6.45, 7) is 2.04. The van der Waals surface area contributed by atoms with Crippen molar-refractivity contribution in [2.24, 2.45) is 5.41 Å². The van der Waals surface area contributed by atoms with Crippen LogP contribution in [0.15, 0.2) is 24.3 Å². The molecule has 3 aliphatic carbocycles. The van der Waals surface area contributed by atoms with Gasteiger partial charge in [-0.3, -0.25) is 25.2 Å². The SMILES string of the molecule is CCc1ccc(C(=O)NNC(=O)C23CCC(OC)(CC2)CC3=O)cc1. The summed E-state index contributed by atoms with van der Waals surface area (Å²) >= 11 is 0. The first-order chi connectivity index (χ1) is 11.9. The molecular weight excluding hydrogens is 320 g/mol. The van der Waals surface area contributed by atoms with Gasteiger partial charge in [0.15, 0.2) is 5.78 Å². The van der Waals surface area contributed by atoms with E-state index in [0.717, 1.165) is 12.0 Å². The highest BCUT2D eigenvalue weighted by Crippen LogP contribution is 2.51. The molecule has 4 rings (SSSR count). The van der Waals surface area contributed by atoms with Crippen molar-refractivity contribution >= 4 is 17.6 Å². The van der Waals surface area contributed by atoms with Gasteiger partial charge in [0.05, 0.1) is 5.60 Å². The van der Waals surface area contributed by atoms with E-state index in [2.05, 4.69) is 10.9 Å². The van der Waals surface area contributed by atoms with Gasteiger partial charge in [0.2, 0.25) is 0 Å². The van der Waals surface area contributed by atoms with Crippen LogP contribution in [0, 0.1) is 5.41 Å². The monoisotopic (exact) mass is 344 g/mol. The van der Waals surface area contributed by atoms with Gasteiger partial charge in [0.1, 0.15) is 5.41 Å². The first-order valence-electron chi connectivity index (χ1n) is 8.73. The van der Waals surface area contributed by atoms with Crippen molar-refractivity contribution in [3.63, 3.8) is 0 Å². The third-order valence-corrected chi connectivity index (χ3v) is 5.81. The van der Waals surface area contributed by atoms with Crippen LogP contribution >= 0.6 is 0 Å². The van der Waals surface area contributed by atoms with Crippen LogP contribution in [0.5, 0.6) is 0 Å². The van der Waals surface area contributed by atoms with Gasteiger partial charge in [-0.25, -0.2) is 0 Å². The second-order valence-corrected chi connectivity index (χ2v) is 7.03. The third kappa shape index (κ3) is 3.06. The van der Waals surface area contributed by atoms with Crippen molar-refractivity contribution in [2.75, 3.05) is 7.11 Å². The fourth-order valence-corrected chi connectivity index (χ4v) is 3.88. The number of ketones is 1. The van der Waals surface area contributed by atoms with Crippen molar-refractivity contribution in [3.05, 3.63) is 35.4 Å². The van der Waals surface area contributed by atoms with Gasteiger partial charge in [0, 0.05) is 19.1 Å². The molecule has 3 saturated carbocycles. The van der Waals surface area contributed by atoms with Gasteiger partial charge in [0.25, 0.3) is 11.8 Å². The molecule has 25 heavy (non-hydrogen) atoms. The summed E-state index contributed by atoms with van der Waals surface area (Å²) in [7, 11) is 1.62. The highest BCUT2D eigenvalue weighted by Gasteiger charge is 2.58. The Labute approximate surface area is 147 Å². The molecular formula is C19H24N2O4. The molecule has 3 aliphatic rings. The fraction of sp³-hybridized carbons (Fsp3) is 0.526. The van der Waals surface area contributed by atoms with Crippen LogP contribution in [-0.4, -0.2) is 30.3 Å². The van der Waals surface area contributed by atoms with Crippen LogP contribution in [0.25, 0.3) is 0 Å². The molecule has 0 atom stereocenters. The van der Waals surface area contributed by atoms with E-state index in [-0.39, 0.29) is 12.2 Å². The normalized spacial score (nSPS) is 27.8. The Morgan fingerprint density at radius 1 is 1.08 bits per heavy atom. The minimum Gasteiger partial charge on any atom is -0.378 e. The van der Waals surface area contributed by atoms with E-state index in [1.54, 1.807) is 19.2 Å². The minimum absolute atomic E-state index is 0.0918. The molecule has 134 valence electrons. The van der Waals surface area contributed by atoms with E-state index in [4.69, 9.17) is 4.74 Å². The predicted octanol–water partition coefficient (Wildman–Crippen LogP) is 1.93. The number of nitrogens with one attached hydrogen (secondary N) is 2. The summed E-state index contributed by atoms with van der Waals surface area (Å²) in [6.07, 6.45) is 3.47. The second-order valence-electron chi connectivity index (χ2n) is 7.03. The number of aryl methyl sites for hydroxylation is 1. The number of carbonyl (C=O) groups excluding carboxylic acids is 3. The van der Waals surface area contributed by atoms with E-state index < -0.39 is 22.8 Å². The molecule has 0 heterocycles. The molecule has 1 aromatic carbocycles. The topological polar surface area (TPSA) is 84.5 Å². The highest BCUT2D eigenvalue weighted by molar-refractivity contribution is 6.08. The smallest absolute Gasteiger partial charge is 0.269 e. The Bertz CT molecular complexity index is 688. The maximum absolute atomic E-state index is 12.6. The van der Waals surface area contributed by atoms with Crippen molar-refractivity contribution in [2.45, 2.75) is 51.0 Å². The molecule has 6 nitrogen and oxygen atoms in total. The fourth-order valence-electron chi connectivity index (χ4n) is 3.88. The Hall–Kier alpha value is -2.21. The Morgan fingerprint density at radius 3 is 2.24 bits per heavy atom. The van der Waals surface area contributed by atoms with E-state index in [1.165, 1.54) is 0 Å². The lowest BCUT2D eigenvalue weighted by atomic mass is 9.57. The largest absolute Gasteiger partial charge is 0.378 e. The molecule has 6 heteroatoms. The summed E-state index contributed by atoms with van der Waals surface area (Å²) in [5, 5.41) is 0. The molecule has 2 N–H and O–H groups in total. The number of ether oxygens (including phenoxy) is 1. The summed E-state index contributed by atoms with van der Waals surface area (Å²) in [5.41, 5.74) is 5.06. The summed E-state index contributed by atoms with van der Waals surface area (Å²) in [6, 6.07) is 7.20. The Kier molecular flexibility index (Phi) is 4.64. The van der Waals surface area contributed by atoms with E-state index in [0.29, 0.717) is 31.2 Å². The zero-order valence-electron chi connectivity index (χ0n) is 14.7. The van der Waals surface area contributed by atoms with Gasteiger partial charge in [-0.15, -0.1) is 0 Å². The van der Waals surface area contributed by atoms with Crippen LogP contribution in [0.1, 0.15) is 54.9 Å². The Morgan fingerprint density at radius 2 is 1.72 bits per heavy atom. The number of benzene rings is 1. The summed E-state index contributed by atoms with van der Waals surface area (Å²) < 4.78 is 5.51. The minimum atomic E-state index is -1.03. The Balaban J connectivity index is 1.62. The van der Waals surface area contributed by atoms with Crippen molar-refractivity contribution in [1.29, 1.82) is 0 Å². The first-order valence-corrected chi connectivity index (χ1v) is 8.73. The first kappa shape index (κ1) is 17.6. The van der Waals surface area contributed by atoms with Crippen LogP contribution in [0.4, 0.5) is 0 Å². The molecule has 0 aromatic heterocycles. The van der Waals surface area contributed by atoms with Gasteiger partial charge >= 0.3 is 0 Å². The van der Waals surface area contributed by atoms with Crippen LogP contribution in [-0.2, 0) is 20.7 Å². The standard InChI is InChI=1S/C19H24N2O4/c1-3-13-4-6-14(7-5-13)16(23)20-21-17(24)19-10-8-18(25-2,9-11-19)12-15(19)22/h4-7H,3,8-12H2,1-2H3,(H,20,23)(H,21,24). The second kappa shape index (κ2) is 6.59. The molecule has 0 saturated heterocycles. The maximum atomic E-state index is 12.6. The number of methoxy groups -OCH3 is 1. The number of rotatable bonds is 4. The van der Waals surface area contributed by atoms with Gasteiger partial charge < -0.3 is 4.74 Å². The number of fused-ring (bicyclic) bond motifs is 3. The highest BCUT2D eigenvalue weighted by atomic mass is 16.5. The van der Waals surface area contributed by atoms with Crippen LogP contribution < -0.4 is 10.9 Å². The summed E-state index contributed by atoms with van der Waals surface area (Å²) in [5.74, 6) is -0.899. The number of hydrazine groups is 1. The molecule has 0 radical (unpaired) electrons. The van der Waals surface area contributed by atoms with E-state index in [1.807, 2.05) is 19.1 Å². The summed E-state index contributed by atoms with van der Waals surface area (Å²) in [4.78, 5) is 37.3. The third-order valence-electron chi connectivity index (χ3n) is 5.81. The van der Waals surface area contributed by atoms with Gasteiger partial charge in [-0.05, 0) is 49.8 Å². The van der Waals surface area contributed by atoms with Crippen LogP contribution in [0.2, 0.25) is 0 Å². The van der Waals surface area contributed by atoms with Crippen molar-refractivity contribution < 1.29 is 19.1 Å². The number of amides is 2. The molecule has 2 amide bonds. The average Bonchev–Trinajstić information content (AvgIpc) is 2.66. The van der Waals surface area contributed by atoms with E-state index >= 15 is 0 Å². The molecule has 0 spiro atoms. The van der Waals surface area contributed by atoms with E-state index in [9.17, 15) is 14.4 Å². The van der Waals surface area contributed by atoms with Gasteiger partial charge in [-0.2, -0.15) is 0 Å². The number of carbonyl (C=O) groups is 3. The molecule has 1 aromatic rings. The maximum Gasteiger partial charge on any atom is 0.269 e. The van der Waals surface area contributed by atoms with Crippen molar-refractivity contribution in [1.82, 2.24) is 10.9 Å².